The van der Waals surface area contributed by atoms with Crippen molar-refractivity contribution in [3.63, 3.8) is 0 Å². The van der Waals surface area contributed by atoms with Gasteiger partial charge in [-0.1, -0.05) is 6.07 Å². The third-order valence-corrected chi connectivity index (χ3v) is 3.16. The zero-order chi connectivity index (χ0) is 15.6. The van der Waals surface area contributed by atoms with E-state index in [-0.39, 0.29) is 23.4 Å². The Hall–Kier alpha value is -2.76. The van der Waals surface area contributed by atoms with Crippen LogP contribution in [0.1, 0.15) is 31.8 Å². The number of nitrogens with zero attached hydrogens (tertiary/aromatic N) is 1. The number of carboxylic acid groups (broad SMARTS) is 1. The average molecular weight is 288 g/mol. The summed E-state index contributed by atoms with van der Waals surface area (Å²) >= 11 is 0. The number of anilines is 1. The summed E-state index contributed by atoms with van der Waals surface area (Å²) in [4.78, 5) is 27.1. The minimum absolute atomic E-state index is 0.0290. The number of hydrogen-bond donors (Lipinski definition) is 2. The molecule has 0 atom stereocenters. The monoisotopic (exact) mass is 288 g/mol. The van der Waals surface area contributed by atoms with Crippen LogP contribution in [0.25, 0.3) is 0 Å². The number of aromatic nitrogens is 1. The maximum absolute atomic E-state index is 13.2. The fourth-order valence-electron chi connectivity index (χ4n) is 2.03. The summed E-state index contributed by atoms with van der Waals surface area (Å²) in [5, 5.41) is 9.13. The van der Waals surface area contributed by atoms with Gasteiger partial charge < -0.3 is 10.8 Å². The number of aryl methyl sites for hydroxylation is 1. The third kappa shape index (κ3) is 3.05. The van der Waals surface area contributed by atoms with E-state index in [0.29, 0.717) is 5.56 Å². The molecule has 6 heteroatoms. The maximum Gasteiger partial charge on any atom is 0.340 e. The molecule has 0 aliphatic rings. The predicted molar refractivity (Wildman–Crippen MR) is 74.8 cm³/mol. The van der Waals surface area contributed by atoms with Gasteiger partial charge in [0.25, 0.3) is 0 Å². The lowest BCUT2D eigenvalue weighted by Gasteiger charge is -2.09. The molecule has 5 nitrogen and oxygen atoms in total. The molecule has 0 radical (unpaired) electrons. The van der Waals surface area contributed by atoms with Crippen LogP contribution < -0.4 is 5.73 Å². The van der Waals surface area contributed by atoms with Crippen LogP contribution in [0.4, 0.5) is 10.2 Å². The van der Waals surface area contributed by atoms with Crippen molar-refractivity contribution in [3.8, 4) is 0 Å². The Labute approximate surface area is 120 Å². The van der Waals surface area contributed by atoms with Crippen molar-refractivity contribution >= 4 is 17.6 Å². The molecule has 0 saturated heterocycles. The Kier molecular flexibility index (Phi) is 3.98. The first kappa shape index (κ1) is 14.6. The molecule has 1 heterocycles. The molecule has 0 spiro atoms. The minimum Gasteiger partial charge on any atom is -0.478 e. The molecule has 21 heavy (non-hydrogen) atoms. The van der Waals surface area contributed by atoms with Crippen molar-refractivity contribution in [1.82, 2.24) is 4.98 Å². The summed E-state index contributed by atoms with van der Waals surface area (Å²) in [6, 6.07) is 5.43. The number of Topliss-reactive ketones (excluding diaryl/α,β-unsaturated/α-hetero) is 1. The molecule has 0 fully saturated rings. The largest absolute Gasteiger partial charge is 0.478 e. The number of hydrogen-bond acceptors (Lipinski definition) is 4. The van der Waals surface area contributed by atoms with Gasteiger partial charge in [0.2, 0.25) is 0 Å². The number of benzene rings is 1. The van der Waals surface area contributed by atoms with Gasteiger partial charge in [0, 0.05) is 18.2 Å². The van der Waals surface area contributed by atoms with Crippen molar-refractivity contribution in [3.05, 3.63) is 58.5 Å². The van der Waals surface area contributed by atoms with Gasteiger partial charge in [-0.05, 0) is 36.2 Å². The number of carbonyl (C=O) groups is 2. The zero-order valence-corrected chi connectivity index (χ0v) is 11.3. The van der Waals surface area contributed by atoms with Crippen molar-refractivity contribution in [2.45, 2.75) is 13.3 Å². The second-order valence-corrected chi connectivity index (χ2v) is 4.59. The van der Waals surface area contributed by atoms with E-state index < -0.39 is 17.6 Å². The van der Waals surface area contributed by atoms with Crippen LogP contribution in [0.15, 0.2) is 30.5 Å². The van der Waals surface area contributed by atoms with Gasteiger partial charge in [-0.2, -0.15) is 0 Å². The summed E-state index contributed by atoms with van der Waals surface area (Å²) in [5.74, 6) is -2.43. The first-order chi connectivity index (χ1) is 9.90. The van der Waals surface area contributed by atoms with Gasteiger partial charge in [0.05, 0.1) is 0 Å². The fraction of sp³-hybridized carbons (Fsp3) is 0.133. The normalized spacial score (nSPS) is 10.4. The van der Waals surface area contributed by atoms with Crippen LogP contribution in [-0.2, 0) is 6.42 Å². The Morgan fingerprint density at radius 2 is 2.05 bits per heavy atom. The van der Waals surface area contributed by atoms with Gasteiger partial charge in [-0.3, -0.25) is 4.79 Å². The number of nitrogen functional groups attached to an aromatic ring is 1. The van der Waals surface area contributed by atoms with Gasteiger partial charge in [0.15, 0.2) is 5.78 Å². The van der Waals surface area contributed by atoms with Crippen LogP contribution in [-0.4, -0.2) is 21.8 Å². The number of rotatable bonds is 4. The number of carbonyl (C=O) groups excluding carboxylic acids is 1. The van der Waals surface area contributed by atoms with E-state index in [2.05, 4.69) is 4.98 Å². The predicted octanol–water partition coefficient (Wildman–Crippen LogP) is 2.23. The first-order valence-corrected chi connectivity index (χ1v) is 6.16. The number of nitrogens with two attached hydrogens (primary N) is 1. The fourth-order valence-corrected chi connectivity index (χ4v) is 2.03. The van der Waals surface area contributed by atoms with Gasteiger partial charge >= 0.3 is 5.97 Å². The SMILES string of the molecule is Cc1ccc(F)cc1CC(=O)c1ccnc(N)c1C(=O)O. The molecule has 3 N–H and O–H groups in total. The number of ketones is 1. The van der Waals surface area contributed by atoms with Crippen LogP contribution in [0.3, 0.4) is 0 Å². The quantitative estimate of drug-likeness (QED) is 0.841. The highest BCUT2D eigenvalue weighted by Crippen LogP contribution is 2.19. The molecule has 1 aromatic heterocycles. The molecule has 0 unspecified atom stereocenters. The molecular formula is C15H13FN2O3. The van der Waals surface area contributed by atoms with Crippen LogP contribution in [0.5, 0.6) is 0 Å². The van der Waals surface area contributed by atoms with Crippen molar-refractivity contribution in [2.75, 3.05) is 5.73 Å². The van der Waals surface area contributed by atoms with Gasteiger partial charge in [-0.25, -0.2) is 14.2 Å². The van der Waals surface area contributed by atoms with Gasteiger partial charge in [0.1, 0.15) is 17.2 Å². The second-order valence-electron chi connectivity index (χ2n) is 4.59. The molecule has 2 rings (SSSR count). The molecule has 0 bridgehead atoms. The number of pyridine rings is 1. The van der Waals surface area contributed by atoms with E-state index in [4.69, 9.17) is 10.8 Å². The second kappa shape index (κ2) is 5.70. The summed E-state index contributed by atoms with van der Waals surface area (Å²) in [7, 11) is 0. The van der Waals surface area contributed by atoms with Crippen LogP contribution in [0.2, 0.25) is 0 Å². The average Bonchev–Trinajstić information content (AvgIpc) is 2.42. The molecule has 0 aliphatic heterocycles. The molecule has 2 aromatic rings. The van der Waals surface area contributed by atoms with E-state index in [0.717, 1.165) is 5.56 Å². The zero-order valence-electron chi connectivity index (χ0n) is 11.3. The van der Waals surface area contributed by atoms with Crippen molar-refractivity contribution < 1.29 is 19.1 Å². The number of halogens is 1. The smallest absolute Gasteiger partial charge is 0.340 e. The third-order valence-electron chi connectivity index (χ3n) is 3.16. The summed E-state index contributed by atoms with van der Waals surface area (Å²) in [5.41, 5.74) is 6.41. The summed E-state index contributed by atoms with van der Waals surface area (Å²) in [6.45, 7) is 1.75. The standard InChI is InChI=1S/C15H13FN2O3/c1-8-2-3-10(16)6-9(8)7-12(19)11-4-5-18-14(17)13(11)15(20)21/h2-6H,7H2,1H3,(H2,17,18)(H,20,21). The molecule has 1 aromatic carbocycles. The highest BCUT2D eigenvalue weighted by Gasteiger charge is 2.20. The Morgan fingerprint density at radius 3 is 2.71 bits per heavy atom. The van der Waals surface area contributed by atoms with E-state index in [1.165, 1.54) is 24.4 Å². The topological polar surface area (TPSA) is 93.3 Å². The molecular weight excluding hydrogens is 275 g/mol. The van der Waals surface area contributed by atoms with Crippen LogP contribution >= 0.6 is 0 Å². The number of carboxylic acids is 1. The molecule has 108 valence electrons. The van der Waals surface area contributed by atoms with E-state index in [9.17, 15) is 14.0 Å². The molecule has 0 amide bonds. The van der Waals surface area contributed by atoms with E-state index in [1.54, 1.807) is 13.0 Å². The van der Waals surface area contributed by atoms with Crippen LogP contribution in [0, 0.1) is 12.7 Å². The first-order valence-electron chi connectivity index (χ1n) is 6.16. The highest BCUT2D eigenvalue weighted by molar-refractivity contribution is 6.08. The maximum atomic E-state index is 13.2. The summed E-state index contributed by atoms with van der Waals surface area (Å²) in [6.07, 6.45) is 1.17. The molecule has 0 aliphatic carbocycles. The summed E-state index contributed by atoms with van der Waals surface area (Å²) < 4.78 is 13.2. The van der Waals surface area contributed by atoms with Crippen molar-refractivity contribution in [1.29, 1.82) is 0 Å². The Morgan fingerprint density at radius 1 is 1.33 bits per heavy atom. The van der Waals surface area contributed by atoms with Gasteiger partial charge in [-0.15, -0.1) is 0 Å². The lowest BCUT2D eigenvalue weighted by molar-refractivity contribution is 0.0692. The van der Waals surface area contributed by atoms with E-state index >= 15 is 0 Å². The Bertz CT molecular complexity index is 729. The Balaban J connectivity index is 2.40. The highest BCUT2D eigenvalue weighted by atomic mass is 19.1. The van der Waals surface area contributed by atoms with Crippen molar-refractivity contribution in [2.24, 2.45) is 0 Å². The van der Waals surface area contributed by atoms with E-state index in [1.807, 2.05) is 0 Å². The lowest BCUT2D eigenvalue weighted by Crippen LogP contribution is -2.14. The number of aromatic carboxylic acids is 1. The molecule has 0 saturated carbocycles. The minimum atomic E-state index is -1.32. The lowest BCUT2D eigenvalue weighted by atomic mass is 9.97.